The van der Waals surface area contributed by atoms with Gasteiger partial charge in [-0.1, -0.05) is 0 Å². The average molecular weight is 155 g/mol. The topological polar surface area (TPSA) is 43.1 Å². The van der Waals surface area contributed by atoms with Gasteiger partial charge in [0.15, 0.2) is 0 Å². The Balaban J connectivity index is 3.27. The molecule has 0 rings (SSSR count). The summed E-state index contributed by atoms with van der Waals surface area (Å²) in [5.74, 6) is 0.995. The summed E-state index contributed by atoms with van der Waals surface area (Å²) >= 11 is 2.33. The number of rotatable bonds is 4. The van der Waals surface area contributed by atoms with Crippen molar-refractivity contribution in [3.8, 4) is 0 Å². The zero-order chi connectivity index (χ0) is 7.28. The second-order valence-electron chi connectivity index (χ2n) is 2.00. The SMILES string of the molecule is CSCCC(N)[C](=O)[Na]. The zero-order valence-corrected chi connectivity index (χ0v) is 8.70. The van der Waals surface area contributed by atoms with Gasteiger partial charge >= 0.3 is 77.7 Å². The van der Waals surface area contributed by atoms with E-state index in [9.17, 15) is 4.79 Å². The molecule has 0 aromatic heterocycles. The first-order valence-corrected chi connectivity index (χ1v) is 5.33. The Labute approximate surface area is 77.4 Å². The van der Waals surface area contributed by atoms with E-state index >= 15 is 0 Å². The van der Waals surface area contributed by atoms with Crippen molar-refractivity contribution in [3.05, 3.63) is 0 Å². The van der Waals surface area contributed by atoms with Gasteiger partial charge in [0.25, 0.3) is 0 Å². The normalized spacial score (nSPS) is 13.3. The van der Waals surface area contributed by atoms with Crippen LogP contribution in [0.5, 0.6) is 0 Å². The van der Waals surface area contributed by atoms with Crippen LogP contribution in [0, 0.1) is 0 Å². The van der Waals surface area contributed by atoms with Crippen LogP contribution < -0.4 is 5.73 Å². The van der Waals surface area contributed by atoms with Gasteiger partial charge in [-0.2, -0.15) is 0 Å². The van der Waals surface area contributed by atoms with Crippen LogP contribution in [0.15, 0.2) is 0 Å². The van der Waals surface area contributed by atoms with Crippen molar-refractivity contribution in [3.63, 3.8) is 0 Å². The van der Waals surface area contributed by atoms with E-state index in [4.69, 9.17) is 5.73 Å². The number of thioether (sulfide) groups is 1. The number of carbonyl (C=O) groups excluding carboxylic acids is 1. The molecule has 0 amide bonds. The van der Waals surface area contributed by atoms with E-state index in [0.717, 1.165) is 12.2 Å². The molecule has 0 aromatic rings. The first-order valence-electron chi connectivity index (χ1n) is 2.93. The van der Waals surface area contributed by atoms with E-state index in [0.29, 0.717) is 27.9 Å². The standard InChI is InChI=1S/C5H10NOS.Na/c1-8-3-2-5(6)4-7;/h5H,2-3,6H2,1H3;. The average Bonchev–Trinajstić information content (AvgIpc) is 1.82. The van der Waals surface area contributed by atoms with Crippen LogP contribution in [-0.2, 0) is 4.79 Å². The number of hydrogen-bond acceptors (Lipinski definition) is 3. The van der Waals surface area contributed by atoms with E-state index in [1.807, 2.05) is 6.26 Å². The van der Waals surface area contributed by atoms with Gasteiger partial charge in [0, 0.05) is 0 Å². The van der Waals surface area contributed by atoms with Crippen LogP contribution in [0.25, 0.3) is 0 Å². The second kappa shape index (κ2) is 5.74. The molecular weight excluding hydrogens is 145 g/mol. The van der Waals surface area contributed by atoms with Crippen molar-refractivity contribution in [2.24, 2.45) is 5.73 Å². The van der Waals surface area contributed by atoms with E-state index < -0.39 is 0 Å². The monoisotopic (exact) mass is 155 g/mol. The Bertz CT molecular complexity index is 99.0. The summed E-state index contributed by atoms with van der Waals surface area (Å²) in [5.41, 5.74) is 5.47. The number of hydrogen-bond donors (Lipinski definition) is 1. The molecule has 9 heavy (non-hydrogen) atoms. The van der Waals surface area contributed by atoms with Crippen molar-refractivity contribution >= 4 is 42.7 Å². The van der Waals surface area contributed by atoms with E-state index in [-0.39, 0.29) is 9.07 Å². The Morgan fingerprint density at radius 2 is 2.44 bits per heavy atom. The Hall–Kier alpha value is 0.980. The molecule has 4 heteroatoms. The Kier molecular flexibility index (Phi) is 6.37. The molecule has 0 bridgehead atoms. The van der Waals surface area contributed by atoms with Gasteiger partial charge in [0.05, 0.1) is 0 Å². The van der Waals surface area contributed by atoms with E-state index in [2.05, 4.69) is 0 Å². The quantitative estimate of drug-likeness (QED) is 0.570. The molecular formula is C5H10NNaOS. The predicted molar refractivity (Wildman–Crippen MR) is 41.7 cm³/mol. The fourth-order valence-corrected chi connectivity index (χ4v) is 1.23. The summed E-state index contributed by atoms with van der Waals surface area (Å²) < 4.78 is 0.226. The predicted octanol–water partition coefficient (Wildman–Crippen LogP) is -0.238. The minimum atomic E-state index is -0.177. The molecule has 1 unspecified atom stereocenters. The third-order valence-electron chi connectivity index (χ3n) is 1.16. The van der Waals surface area contributed by atoms with Crippen LogP contribution in [0.1, 0.15) is 6.42 Å². The molecule has 2 N–H and O–H groups in total. The minimum absolute atomic E-state index is 0.177. The molecule has 48 valence electrons. The molecule has 1 atom stereocenters. The molecule has 0 saturated carbocycles. The van der Waals surface area contributed by atoms with Gasteiger partial charge in [-0.3, -0.25) is 0 Å². The summed E-state index contributed by atoms with van der Waals surface area (Å²) in [4.78, 5) is 10.6. The van der Waals surface area contributed by atoms with Crippen LogP contribution in [0.3, 0.4) is 0 Å². The third-order valence-corrected chi connectivity index (χ3v) is 2.54. The molecule has 0 aliphatic heterocycles. The van der Waals surface area contributed by atoms with Gasteiger partial charge in [-0.15, -0.1) is 0 Å². The van der Waals surface area contributed by atoms with E-state index in [1.54, 1.807) is 11.8 Å². The summed E-state index contributed by atoms with van der Waals surface area (Å²) in [6.45, 7) is 0. The van der Waals surface area contributed by atoms with Gasteiger partial charge < -0.3 is 0 Å². The van der Waals surface area contributed by atoms with Gasteiger partial charge in [0.1, 0.15) is 0 Å². The molecule has 0 saturated heterocycles. The van der Waals surface area contributed by atoms with Crippen molar-refractivity contribution in [1.82, 2.24) is 0 Å². The van der Waals surface area contributed by atoms with Crippen LogP contribution in [0.2, 0.25) is 0 Å². The maximum absolute atomic E-state index is 10.6. The first kappa shape index (κ1) is 9.98. The summed E-state index contributed by atoms with van der Waals surface area (Å²) in [7, 11) is 0. The first-order chi connectivity index (χ1) is 4.18. The van der Waals surface area contributed by atoms with Crippen molar-refractivity contribution < 1.29 is 4.79 Å². The Morgan fingerprint density at radius 3 is 2.78 bits per heavy atom. The molecule has 0 fully saturated rings. The van der Waals surface area contributed by atoms with Gasteiger partial charge in [-0.25, -0.2) is 0 Å². The van der Waals surface area contributed by atoms with Crippen molar-refractivity contribution in [2.45, 2.75) is 12.5 Å². The number of carbonyl (C=O) groups is 1. The molecule has 2 nitrogen and oxygen atoms in total. The van der Waals surface area contributed by atoms with Crippen LogP contribution in [0.4, 0.5) is 0 Å². The van der Waals surface area contributed by atoms with E-state index in [1.165, 1.54) is 0 Å². The number of nitrogens with two attached hydrogens (primary N) is 1. The molecule has 0 aliphatic carbocycles. The molecule has 0 aliphatic rings. The molecule has 0 aromatic carbocycles. The molecule has 0 radical (unpaired) electrons. The fraction of sp³-hybridized carbons (Fsp3) is 0.800. The van der Waals surface area contributed by atoms with Crippen molar-refractivity contribution in [2.75, 3.05) is 12.0 Å². The van der Waals surface area contributed by atoms with Crippen molar-refractivity contribution in [1.29, 1.82) is 0 Å². The fourth-order valence-electron chi connectivity index (χ4n) is 0.448. The van der Waals surface area contributed by atoms with Crippen LogP contribution >= 0.6 is 11.8 Å². The summed E-state index contributed by atoms with van der Waals surface area (Å²) in [6.07, 6.45) is 2.85. The molecule has 0 heterocycles. The Morgan fingerprint density at radius 1 is 1.89 bits per heavy atom. The third kappa shape index (κ3) is 5.43. The maximum atomic E-state index is 10.6. The van der Waals surface area contributed by atoms with Gasteiger partial charge in [-0.05, 0) is 0 Å². The zero-order valence-electron chi connectivity index (χ0n) is 5.89. The van der Waals surface area contributed by atoms with Crippen LogP contribution in [-0.4, -0.2) is 49.0 Å². The van der Waals surface area contributed by atoms with Gasteiger partial charge in [0.2, 0.25) is 0 Å². The summed E-state index contributed by atoms with van der Waals surface area (Å²) in [5, 5.41) is 0. The molecule has 0 spiro atoms. The second-order valence-corrected chi connectivity index (χ2v) is 3.97. The summed E-state index contributed by atoms with van der Waals surface area (Å²) in [6, 6.07) is -0.177.